The van der Waals surface area contributed by atoms with E-state index in [0.29, 0.717) is 6.54 Å². The van der Waals surface area contributed by atoms with Gasteiger partial charge in [0.1, 0.15) is 0 Å². The number of rotatable bonds is 5. The Hall–Kier alpha value is -1.10. The van der Waals surface area contributed by atoms with E-state index in [1.54, 1.807) is 0 Å². The monoisotopic (exact) mass is 227 g/mol. The Labute approximate surface area is 96.4 Å². The molecule has 0 bridgehead atoms. The fourth-order valence-electron chi connectivity index (χ4n) is 1.68. The van der Waals surface area contributed by atoms with E-state index < -0.39 is 0 Å². The van der Waals surface area contributed by atoms with Crippen molar-refractivity contribution in [3.63, 3.8) is 0 Å². The summed E-state index contributed by atoms with van der Waals surface area (Å²) in [5.41, 5.74) is 0. The van der Waals surface area contributed by atoms with Crippen LogP contribution in [0.25, 0.3) is 0 Å². The van der Waals surface area contributed by atoms with E-state index in [1.165, 1.54) is 0 Å². The second-order valence-electron chi connectivity index (χ2n) is 4.07. The van der Waals surface area contributed by atoms with Gasteiger partial charge in [0, 0.05) is 13.1 Å². The first-order valence-corrected chi connectivity index (χ1v) is 6.02. The summed E-state index contributed by atoms with van der Waals surface area (Å²) >= 11 is 0. The summed E-state index contributed by atoms with van der Waals surface area (Å²) in [6.07, 6.45) is 3.78. The molecule has 1 saturated heterocycles. The topological polar surface area (TPSA) is 70.2 Å². The Morgan fingerprint density at radius 1 is 1.50 bits per heavy atom. The summed E-state index contributed by atoms with van der Waals surface area (Å²) in [7, 11) is 0. The van der Waals surface area contributed by atoms with Gasteiger partial charge in [-0.05, 0) is 25.7 Å². The van der Waals surface area contributed by atoms with Crippen molar-refractivity contribution >= 4 is 11.8 Å². The van der Waals surface area contributed by atoms with Crippen molar-refractivity contribution in [1.29, 1.82) is 0 Å². The SMILES string of the molecule is CCCNC(=O)CNC1CCCCNC1=O. The van der Waals surface area contributed by atoms with Crippen LogP contribution in [-0.2, 0) is 9.59 Å². The van der Waals surface area contributed by atoms with Gasteiger partial charge < -0.3 is 10.6 Å². The largest absolute Gasteiger partial charge is 0.355 e. The quantitative estimate of drug-likeness (QED) is 0.607. The lowest BCUT2D eigenvalue weighted by Crippen LogP contribution is -2.46. The molecule has 2 amide bonds. The molecule has 0 radical (unpaired) electrons. The van der Waals surface area contributed by atoms with Crippen molar-refractivity contribution in [3.05, 3.63) is 0 Å². The van der Waals surface area contributed by atoms with Crippen LogP contribution in [-0.4, -0.2) is 37.5 Å². The molecule has 0 aromatic heterocycles. The maximum absolute atomic E-state index is 11.5. The molecule has 0 saturated carbocycles. The average molecular weight is 227 g/mol. The second-order valence-corrected chi connectivity index (χ2v) is 4.07. The molecule has 1 aliphatic rings. The van der Waals surface area contributed by atoms with Crippen molar-refractivity contribution in [3.8, 4) is 0 Å². The van der Waals surface area contributed by atoms with Crippen LogP contribution in [0.4, 0.5) is 0 Å². The number of hydrogen-bond donors (Lipinski definition) is 3. The van der Waals surface area contributed by atoms with Gasteiger partial charge in [0.05, 0.1) is 12.6 Å². The van der Waals surface area contributed by atoms with Crippen molar-refractivity contribution in [2.45, 2.75) is 38.6 Å². The first-order chi connectivity index (χ1) is 7.74. The average Bonchev–Trinajstić information content (AvgIpc) is 2.48. The summed E-state index contributed by atoms with van der Waals surface area (Å²) in [6.45, 7) is 3.67. The van der Waals surface area contributed by atoms with Gasteiger partial charge in [0.2, 0.25) is 11.8 Å². The second kappa shape index (κ2) is 7.22. The van der Waals surface area contributed by atoms with E-state index in [-0.39, 0.29) is 24.4 Å². The molecule has 92 valence electrons. The zero-order chi connectivity index (χ0) is 11.8. The van der Waals surface area contributed by atoms with E-state index >= 15 is 0 Å². The fraction of sp³-hybridized carbons (Fsp3) is 0.818. The molecule has 5 heteroatoms. The lowest BCUT2D eigenvalue weighted by Gasteiger charge is -2.14. The van der Waals surface area contributed by atoms with Gasteiger partial charge in [-0.1, -0.05) is 6.92 Å². The molecule has 3 N–H and O–H groups in total. The Balaban J connectivity index is 2.24. The lowest BCUT2D eigenvalue weighted by atomic mass is 10.1. The molecule has 0 spiro atoms. The third-order valence-corrected chi connectivity index (χ3v) is 2.62. The normalized spacial score (nSPS) is 21.1. The predicted octanol–water partition coefficient (Wildman–Crippen LogP) is -0.229. The molecule has 16 heavy (non-hydrogen) atoms. The molecule has 0 aromatic rings. The summed E-state index contributed by atoms with van der Waals surface area (Å²) in [5, 5.41) is 8.59. The maximum atomic E-state index is 11.5. The molecule has 1 atom stereocenters. The van der Waals surface area contributed by atoms with Gasteiger partial charge in [0.25, 0.3) is 0 Å². The molecule has 1 aliphatic heterocycles. The maximum Gasteiger partial charge on any atom is 0.237 e. The van der Waals surface area contributed by atoms with E-state index in [2.05, 4.69) is 16.0 Å². The van der Waals surface area contributed by atoms with Gasteiger partial charge in [0.15, 0.2) is 0 Å². The summed E-state index contributed by atoms with van der Waals surface area (Å²) < 4.78 is 0. The van der Waals surface area contributed by atoms with Crippen LogP contribution in [0.5, 0.6) is 0 Å². The third-order valence-electron chi connectivity index (χ3n) is 2.62. The molecule has 0 aliphatic carbocycles. The molecule has 1 heterocycles. The highest BCUT2D eigenvalue weighted by Gasteiger charge is 2.20. The fourth-order valence-corrected chi connectivity index (χ4v) is 1.68. The number of nitrogens with one attached hydrogen (secondary N) is 3. The standard InChI is InChI=1S/C11H21N3O2/c1-2-6-12-10(15)8-14-9-5-3-4-7-13-11(9)16/h9,14H,2-8H2,1H3,(H,12,15)(H,13,16). The minimum Gasteiger partial charge on any atom is -0.355 e. The summed E-state index contributed by atoms with van der Waals surface area (Å²) in [4.78, 5) is 22.9. The Bertz CT molecular complexity index is 243. The third kappa shape index (κ3) is 4.61. The summed E-state index contributed by atoms with van der Waals surface area (Å²) in [5.74, 6) is -0.0281. The van der Waals surface area contributed by atoms with Crippen molar-refractivity contribution < 1.29 is 9.59 Å². The van der Waals surface area contributed by atoms with E-state index in [1.807, 2.05) is 6.92 Å². The van der Waals surface area contributed by atoms with E-state index in [4.69, 9.17) is 0 Å². The van der Waals surface area contributed by atoms with Gasteiger partial charge >= 0.3 is 0 Å². The molecular formula is C11H21N3O2. The summed E-state index contributed by atoms with van der Waals surface area (Å²) in [6, 6.07) is -0.213. The van der Waals surface area contributed by atoms with E-state index in [9.17, 15) is 9.59 Å². The highest BCUT2D eigenvalue weighted by atomic mass is 16.2. The highest BCUT2D eigenvalue weighted by molar-refractivity contribution is 5.83. The minimum atomic E-state index is -0.213. The Morgan fingerprint density at radius 2 is 2.31 bits per heavy atom. The van der Waals surface area contributed by atoms with Gasteiger partial charge in [-0.2, -0.15) is 0 Å². The molecule has 1 rings (SSSR count). The number of carbonyl (C=O) groups is 2. The number of carbonyl (C=O) groups excluding carboxylic acids is 2. The number of amides is 2. The Morgan fingerprint density at radius 3 is 3.06 bits per heavy atom. The van der Waals surface area contributed by atoms with Crippen LogP contribution in [0.1, 0.15) is 32.6 Å². The van der Waals surface area contributed by atoms with E-state index in [0.717, 1.165) is 32.2 Å². The number of hydrogen-bond acceptors (Lipinski definition) is 3. The molecular weight excluding hydrogens is 206 g/mol. The van der Waals surface area contributed by atoms with Gasteiger partial charge in [-0.3, -0.25) is 14.9 Å². The van der Waals surface area contributed by atoms with Gasteiger partial charge in [-0.15, -0.1) is 0 Å². The first-order valence-electron chi connectivity index (χ1n) is 6.02. The molecule has 5 nitrogen and oxygen atoms in total. The van der Waals surface area contributed by atoms with Crippen LogP contribution in [0.15, 0.2) is 0 Å². The smallest absolute Gasteiger partial charge is 0.237 e. The predicted molar refractivity (Wildman–Crippen MR) is 62.0 cm³/mol. The molecule has 1 unspecified atom stereocenters. The minimum absolute atomic E-state index is 0.0146. The van der Waals surface area contributed by atoms with Crippen LogP contribution in [0.2, 0.25) is 0 Å². The Kier molecular flexibility index (Phi) is 5.85. The van der Waals surface area contributed by atoms with Crippen molar-refractivity contribution in [2.75, 3.05) is 19.6 Å². The zero-order valence-electron chi connectivity index (χ0n) is 9.84. The van der Waals surface area contributed by atoms with Crippen molar-refractivity contribution in [2.24, 2.45) is 0 Å². The van der Waals surface area contributed by atoms with Crippen LogP contribution >= 0.6 is 0 Å². The van der Waals surface area contributed by atoms with Gasteiger partial charge in [-0.25, -0.2) is 0 Å². The zero-order valence-corrected chi connectivity index (χ0v) is 9.84. The molecule has 1 fully saturated rings. The first kappa shape index (κ1) is 13.0. The molecule has 0 aromatic carbocycles. The van der Waals surface area contributed by atoms with Crippen LogP contribution in [0, 0.1) is 0 Å². The van der Waals surface area contributed by atoms with Crippen LogP contribution < -0.4 is 16.0 Å². The van der Waals surface area contributed by atoms with Crippen molar-refractivity contribution in [1.82, 2.24) is 16.0 Å². The van der Waals surface area contributed by atoms with Crippen LogP contribution in [0.3, 0.4) is 0 Å². The lowest BCUT2D eigenvalue weighted by molar-refractivity contribution is -0.123. The highest BCUT2D eigenvalue weighted by Crippen LogP contribution is 2.04.